The topological polar surface area (TPSA) is 105 Å². The third-order valence-electron chi connectivity index (χ3n) is 3.32. The highest BCUT2D eigenvalue weighted by Crippen LogP contribution is 2.25. The van der Waals surface area contributed by atoms with E-state index >= 15 is 0 Å². The monoisotopic (exact) mass is 456 g/mol. The molecule has 1 aromatic carbocycles. The minimum Gasteiger partial charge on any atom is -0.403 e. The molecule has 8 nitrogen and oxygen atoms in total. The third-order valence-corrected chi connectivity index (χ3v) is 6.77. The van der Waals surface area contributed by atoms with Crippen LogP contribution in [0.25, 0.3) is 11.5 Å². The van der Waals surface area contributed by atoms with Crippen molar-refractivity contribution in [3.8, 4) is 11.5 Å². The fourth-order valence-electron chi connectivity index (χ4n) is 1.97. The van der Waals surface area contributed by atoms with Crippen LogP contribution in [0.5, 0.6) is 0 Å². The van der Waals surface area contributed by atoms with Crippen molar-refractivity contribution in [2.24, 2.45) is 0 Å². The molecule has 0 aliphatic heterocycles. The third kappa shape index (κ3) is 3.85. The second-order valence-electron chi connectivity index (χ2n) is 5.28. The maximum Gasteiger partial charge on any atom is 0.322 e. The van der Waals surface area contributed by atoms with Crippen molar-refractivity contribution in [2.45, 2.75) is 4.90 Å². The average molecular weight is 457 g/mol. The van der Waals surface area contributed by atoms with Crippen molar-refractivity contribution in [1.82, 2.24) is 14.5 Å². The molecule has 1 N–H and O–H groups in total. The number of amides is 1. The van der Waals surface area contributed by atoms with Crippen LogP contribution in [0.1, 0.15) is 9.67 Å². The first kappa shape index (κ1) is 18.7. The van der Waals surface area contributed by atoms with E-state index in [2.05, 4.69) is 31.4 Å². The summed E-state index contributed by atoms with van der Waals surface area (Å²) in [5.74, 6) is -0.190. The zero-order chi connectivity index (χ0) is 18.9. The maximum absolute atomic E-state index is 12.1. The molecule has 1 amide bonds. The Labute approximate surface area is 162 Å². The summed E-state index contributed by atoms with van der Waals surface area (Å²) in [6, 6.07) is 9.43. The van der Waals surface area contributed by atoms with Crippen molar-refractivity contribution in [3.05, 3.63) is 45.1 Å². The average Bonchev–Trinajstić information content (AvgIpc) is 3.24. The van der Waals surface area contributed by atoms with Gasteiger partial charge in [-0.1, -0.05) is 5.10 Å². The summed E-state index contributed by atoms with van der Waals surface area (Å²) in [6.07, 6.45) is 0. The lowest BCUT2D eigenvalue weighted by Crippen LogP contribution is -2.22. The number of benzene rings is 1. The van der Waals surface area contributed by atoms with Crippen LogP contribution in [0, 0.1) is 0 Å². The van der Waals surface area contributed by atoms with Gasteiger partial charge in [-0.05, 0) is 52.3 Å². The number of hydrogen-bond acceptors (Lipinski definition) is 7. The standard InChI is InChI=1S/C15H13BrN4O4S2/c1-20(2)26(22,23)10-5-3-9(4-6-10)14-18-19-15(24-14)17-13(21)11-7-8-12(16)25-11/h3-8H,1-2H3,(H,17,19,21). The van der Waals surface area contributed by atoms with E-state index in [1.54, 1.807) is 24.3 Å². The molecule has 0 saturated heterocycles. The van der Waals surface area contributed by atoms with E-state index in [-0.39, 0.29) is 22.7 Å². The number of nitrogens with zero attached hydrogens (tertiary/aromatic N) is 3. The molecule has 0 unspecified atom stereocenters. The molecule has 0 atom stereocenters. The second-order valence-corrected chi connectivity index (χ2v) is 9.90. The normalized spacial score (nSPS) is 11.7. The van der Waals surface area contributed by atoms with Crippen LogP contribution in [-0.2, 0) is 10.0 Å². The Bertz CT molecular complexity index is 1040. The maximum atomic E-state index is 12.1. The van der Waals surface area contributed by atoms with Gasteiger partial charge in [-0.25, -0.2) is 12.7 Å². The number of nitrogens with one attached hydrogen (secondary N) is 1. The van der Waals surface area contributed by atoms with E-state index in [1.807, 2.05) is 0 Å². The van der Waals surface area contributed by atoms with Gasteiger partial charge < -0.3 is 4.42 Å². The Morgan fingerprint density at radius 3 is 2.42 bits per heavy atom. The van der Waals surface area contributed by atoms with Crippen molar-refractivity contribution < 1.29 is 17.6 Å². The molecule has 11 heteroatoms. The molecule has 0 fully saturated rings. The Hall–Kier alpha value is -2.08. The van der Waals surface area contributed by atoms with Crippen LogP contribution < -0.4 is 5.32 Å². The SMILES string of the molecule is CN(C)S(=O)(=O)c1ccc(-c2nnc(NC(=O)c3ccc(Br)s3)o2)cc1. The highest BCUT2D eigenvalue weighted by Gasteiger charge is 2.18. The summed E-state index contributed by atoms with van der Waals surface area (Å²) < 4.78 is 31.5. The van der Waals surface area contributed by atoms with E-state index in [4.69, 9.17) is 4.42 Å². The van der Waals surface area contributed by atoms with Crippen molar-refractivity contribution in [2.75, 3.05) is 19.4 Å². The summed E-state index contributed by atoms with van der Waals surface area (Å²) >= 11 is 4.57. The van der Waals surface area contributed by atoms with Gasteiger partial charge in [0.1, 0.15) is 0 Å². The molecular weight excluding hydrogens is 444 g/mol. The van der Waals surface area contributed by atoms with Gasteiger partial charge in [0, 0.05) is 19.7 Å². The summed E-state index contributed by atoms with van der Waals surface area (Å²) in [7, 11) is -0.587. The molecule has 26 heavy (non-hydrogen) atoms. The molecule has 2 heterocycles. The summed E-state index contributed by atoms with van der Waals surface area (Å²) in [6.45, 7) is 0. The number of sulfonamides is 1. The predicted octanol–water partition coefficient (Wildman–Crippen LogP) is 3.06. The smallest absolute Gasteiger partial charge is 0.322 e. The first-order valence-corrected chi connectivity index (χ1v) is 10.3. The minimum absolute atomic E-state index is 0.0421. The zero-order valence-electron chi connectivity index (χ0n) is 13.6. The zero-order valence-corrected chi connectivity index (χ0v) is 16.9. The highest BCUT2D eigenvalue weighted by molar-refractivity contribution is 9.11. The van der Waals surface area contributed by atoms with Gasteiger partial charge in [0.15, 0.2) is 0 Å². The molecular formula is C15H13BrN4O4S2. The molecule has 136 valence electrons. The largest absolute Gasteiger partial charge is 0.403 e. The van der Waals surface area contributed by atoms with E-state index in [0.717, 1.165) is 8.09 Å². The lowest BCUT2D eigenvalue weighted by Gasteiger charge is -2.11. The van der Waals surface area contributed by atoms with Gasteiger partial charge in [0.05, 0.1) is 13.6 Å². The number of hydrogen-bond donors (Lipinski definition) is 1. The first-order chi connectivity index (χ1) is 12.3. The lowest BCUT2D eigenvalue weighted by molar-refractivity contribution is 0.102. The number of aromatic nitrogens is 2. The Morgan fingerprint density at radius 1 is 1.15 bits per heavy atom. The number of thiophene rings is 1. The molecule has 0 aliphatic carbocycles. The van der Waals surface area contributed by atoms with Crippen LogP contribution in [0.2, 0.25) is 0 Å². The molecule has 0 aliphatic rings. The van der Waals surface area contributed by atoms with Gasteiger partial charge in [-0.3, -0.25) is 10.1 Å². The molecule has 0 radical (unpaired) electrons. The Morgan fingerprint density at radius 2 is 1.85 bits per heavy atom. The quantitative estimate of drug-likeness (QED) is 0.632. The van der Waals surface area contributed by atoms with Crippen LogP contribution in [0.4, 0.5) is 6.01 Å². The Kier molecular flexibility index (Phi) is 5.23. The van der Waals surface area contributed by atoms with E-state index in [0.29, 0.717) is 10.4 Å². The second kappa shape index (κ2) is 7.27. The molecule has 0 saturated carbocycles. The van der Waals surface area contributed by atoms with Crippen molar-refractivity contribution in [3.63, 3.8) is 0 Å². The van der Waals surface area contributed by atoms with Crippen molar-refractivity contribution >= 4 is 49.2 Å². The van der Waals surface area contributed by atoms with Gasteiger partial charge in [0.25, 0.3) is 5.91 Å². The van der Waals surface area contributed by atoms with Crippen LogP contribution >= 0.6 is 27.3 Å². The summed E-state index contributed by atoms with van der Waals surface area (Å²) in [5.41, 5.74) is 0.537. The molecule has 3 rings (SSSR count). The first-order valence-electron chi connectivity index (χ1n) is 7.20. The van der Waals surface area contributed by atoms with Gasteiger partial charge in [-0.15, -0.1) is 16.4 Å². The Balaban J connectivity index is 1.76. The molecule has 2 aromatic heterocycles. The lowest BCUT2D eigenvalue weighted by atomic mass is 10.2. The fraction of sp³-hybridized carbons (Fsp3) is 0.133. The van der Waals surface area contributed by atoms with Crippen LogP contribution in [0.3, 0.4) is 0 Å². The number of carbonyl (C=O) groups is 1. The molecule has 3 aromatic rings. The van der Waals surface area contributed by atoms with E-state index in [1.165, 1.54) is 37.6 Å². The number of anilines is 1. The molecule has 0 bridgehead atoms. The fourth-order valence-corrected chi connectivity index (χ4v) is 4.15. The van der Waals surface area contributed by atoms with Gasteiger partial charge in [0.2, 0.25) is 15.9 Å². The molecule has 0 spiro atoms. The van der Waals surface area contributed by atoms with E-state index < -0.39 is 10.0 Å². The number of halogens is 1. The van der Waals surface area contributed by atoms with Gasteiger partial charge >= 0.3 is 6.01 Å². The minimum atomic E-state index is -3.51. The van der Waals surface area contributed by atoms with Crippen LogP contribution in [-0.4, -0.2) is 42.9 Å². The van der Waals surface area contributed by atoms with Gasteiger partial charge in [-0.2, -0.15) is 0 Å². The summed E-state index contributed by atoms with van der Waals surface area (Å²) in [5, 5.41) is 10.2. The highest BCUT2D eigenvalue weighted by atomic mass is 79.9. The van der Waals surface area contributed by atoms with Crippen LogP contribution in [0.15, 0.2) is 49.5 Å². The number of carbonyl (C=O) groups excluding carboxylic acids is 1. The number of rotatable bonds is 5. The predicted molar refractivity (Wildman–Crippen MR) is 101 cm³/mol. The van der Waals surface area contributed by atoms with E-state index in [9.17, 15) is 13.2 Å². The summed E-state index contributed by atoms with van der Waals surface area (Å²) in [4.78, 5) is 12.7. The van der Waals surface area contributed by atoms with Crippen molar-refractivity contribution in [1.29, 1.82) is 0 Å².